The third kappa shape index (κ3) is 115. The van der Waals surface area contributed by atoms with Crippen LogP contribution in [0.25, 0.3) is 0 Å². The Hall–Kier alpha value is -2.32. The molecule has 6 heterocycles. The Morgan fingerprint density at radius 1 is 0.423 bits per heavy atom. The molecule has 31 heteroatoms. The Kier molecular flexibility index (Phi) is 77.8. The Balaban J connectivity index is -0.000000486. The Bertz CT molecular complexity index is 3390. The van der Waals surface area contributed by atoms with Crippen molar-refractivity contribution in [2.45, 2.75) is 441 Å². The van der Waals surface area contributed by atoms with Crippen LogP contribution in [0.2, 0.25) is 0 Å². The molecule has 6 aliphatic heterocycles. The molecule has 0 aromatic rings. The monoisotopic (exact) mass is 2090 g/mol. The number of ether oxygens (including phenoxy) is 10. The summed E-state index contributed by atoms with van der Waals surface area (Å²) in [6.45, 7) is 112. The standard InChI is InChI=1S/C13H27NO.C12H26N2O.2C12H25NO.C11H23NO2S.C11H21NO2.C9H19NO2.C8H19NO2S.C8H17NO2.C8H18O3S.C7H17N/c1-12(2,3)15-11-13(4,5)14-9-7-6-8-10-14;1-5-13-6-8-14(9-7-13)10-11-15-12(2,3)4;1-11(10-14-12(2,3)4)13-8-6-5-7-9-13;1-11(14-12(2,3)4)10-13-8-6-5-7-9-13;1-11(2,3)14-8-5-12-6-9-15(4,13)10-7-12;1-11(2,3)14-9-8-12-7-5-4-6-10(12)13;1-8(11)10-6-5-7-12-9(2,3)4;1-8(2,3)11-7-6-9-12(4,5)10;1-7(10)9-5-6-11-8(2,3)4;1-8(2,3)11-6-5-7-12(4,9)10;1-7(2,3)6-8(4)5/h6-11H2,1-5H3;5-11H2,1-4H3;2*11H,5-10H2,1-4H3;4-10H2,1-3H3;4-9H2,1-3H3;5-7H2,1-4H3,(H,10,11);4,6-7H2,1-3,5H3,(H,9,10);5-6H2,1-4H3,(H,9,10);5-7H2,1-4H3;6H2,1-5H3. The van der Waals surface area contributed by atoms with Crippen molar-refractivity contribution in [3.8, 4) is 0 Å². The number of carbonyl (C=O) groups is 3. The molecule has 0 bridgehead atoms. The second kappa shape index (κ2) is 74.6. The summed E-state index contributed by atoms with van der Waals surface area (Å²) in [5, 5.41) is 5.37. The van der Waals surface area contributed by atoms with E-state index in [1.165, 1.54) is 150 Å². The maximum absolute atomic E-state index is 11.6. The van der Waals surface area contributed by atoms with Crippen LogP contribution in [0, 0.1) is 5.41 Å². The van der Waals surface area contributed by atoms with Gasteiger partial charge in [0.15, 0.2) is 0 Å². The largest absolute Gasteiger partial charge is 0.376 e. The molecule has 6 rings (SSSR count). The van der Waals surface area contributed by atoms with Crippen molar-refractivity contribution in [3.05, 3.63) is 0 Å². The Morgan fingerprint density at radius 3 is 1.15 bits per heavy atom. The lowest BCUT2D eigenvalue weighted by molar-refractivity contribution is -0.135. The van der Waals surface area contributed by atoms with Gasteiger partial charge >= 0.3 is 0 Å². The topological polar surface area (TPSA) is 274 Å². The van der Waals surface area contributed by atoms with Gasteiger partial charge in [-0.3, -0.25) is 42.4 Å². The smallest absolute Gasteiger partial charge is 0.222 e. The highest BCUT2D eigenvalue weighted by molar-refractivity contribution is 8.00. The van der Waals surface area contributed by atoms with Gasteiger partial charge in [-0.05, 0) is 386 Å². The van der Waals surface area contributed by atoms with Crippen LogP contribution in [0.3, 0.4) is 0 Å². The summed E-state index contributed by atoms with van der Waals surface area (Å²) in [6, 6.07) is 0.578. The average molecular weight is 2090 g/mol. The number of piperazine rings is 1. The van der Waals surface area contributed by atoms with Crippen molar-refractivity contribution in [1.29, 1.82) is 0 Å². The van der Waals surface area contributed by atoms with E-state index in [1.54, 1.807) is 6.26 Å². The lowest BCUT2D eigenvalue weighted by Gasteiger charge is -2.42. The molecular formula is C111H237N11O17S3. The van der Waals surface area contributed by atoms with Gasteiger partial charge in [-0.2, -0.15) is 0 Å². The second-order valence-electron chi connectivity index (χ2n) is 51.1. The first kappa shape index (κ1) is 148. The van der Waals surface area contributed by atoms with E-state index in [4.69, 9.17) is 47.4 Å². The van der Waals surface area contributed by atoms with Crippen molar-refractivity contribution >= 4 is 58.5 Å². The number of carbonyl (C=O) groups excluding carboxylic acids is 3. The fourth-order valence-electron chi connectivity index (χ4n) is 14.4. The van der Waals surface area contributed by atoms with Crippen LogP contribution < -0.4 is 15.4 Å². The molecule has 3 N–H and O–H groups in total. The van der Waals surface area contributed by atoms with Crippen LogP contribution in [-0.2, 0) is 90.8 Å². The van der Waals surface area contributed by atoms with Crippen LogP contribution in [0.15, 0.2) is 0 Å². The van der Waals surface area contributed by atoms with E-state index in [-0.39, 0.29) is 85.0 Å². The highest BCUT2D eigenvalue weighted by atomic mass is 32.2. The molecule has 0 radical (unpaired) electrons. The van der Waals surface area contributed by atoms with E-state index < -0.39 is 29.1 Å². The second-order valence-corrected chi connectivity index (χ2v) is 58.4. The molecule has 6 aliphatic rings. The predicted molar refractivity (Wildman–Crippen MR) is 610 cm³/mol. The summed E-state index contributed by atoms with van der Waals surface area (Å²) < 4.78 is 103. The van der Waals surface area contributed by atoms with Crippen LogP contribution >= 0.6 is 0 Å². The quantitative estimate of drug-likeness (QED) is 0.0393. The van der Waals surface area contributed by atoms with Crippen LogP contribution in [0.4, 0.5) is 0 Å². The fraction of sp³-hybridized carbons (Fsp3) is 0.955. The van der Waals surface area contributed by atoms with Crippen LogP contribution in [-0.4, -0.2) is 407 Å². The number of hydrogen-bond donors (Lipinski definition) is 3. The highest BCUT2D eigenvalue weighted by Gasteiger charge is 2.31. The minimum absolute atomic E-state index is 0.00401. The number of nitrogens with one attached hydrogen (secondary N) is 3. The van der Waals surface area contributed by atoms with Crippen LogP contribution in [0.1, 0.15) is 367 Å². The van der Waals surface area contributed by atoms with Gasteiger partial charge in [0.1, 0.15) is 9.84 Å². The fourth-order valence-corrected chi connectivity index (χ4v) is 17.0. The Labute approximate surface area is 879 Å². The zero-order valence-electron chi connectivity index (χ0n) is 101. The Morgan fingerprint density at radius 2 is 0.782 bits per heavy atom. The number of hydrogen-bond acceptors (Lipinski definition) is 24. The summed E-state index contributed by atoms with van der Waals surface area (Å²) in [5.74, 6) is 9.20. The van der Waals surface area contributed by atoms with Gasteiger partial charge in [-0.15, -0.1) is 0 Å². The molecule has 856 valence electrons. The number of rotatable bonds is 35. The molecule has 3 unspecified atom stereocenters. The van der Waals surface area contributed by atoms with Crippen molar-refractivity contribution in [2.24, 2.45) is 5.41 Å². The first-order valence-corrected chi connectivity index (χ1v) is 60.3. The van der Waals surface area contributed by atoms with Gasteiger partial charge in [0, 0.05) is 177 Å². The van der Waals surface area contributed by atoms with Crippen molar-refractivity contribution < 1.29 is 78.6 Å². The third-order valence-corrected chi connectivity index (χ3v) is 25.0. The molecule has 28 nitrogen and oxygen atoms in total. The number of nitrogens with zero attached hydrogens (tertiary/aromatic N) is 8. The molecule has 6 fully saturated rings. The molecule has 3 atom stereocenters. The van der Waals surface area contributed by atoms with E-state index in [0.29, 0.717) is 76.7 Å². The molecule has 0 saturated carbocycles. The van der Waals surface area contributed by atoms with E-state index in [9.17, 15) is 31.2 Å². The highest BCUT2D eigenvalue weighted by Crippen LogP contribution is 2.25. The number of likely N-dealkylation sites (tertiary alicyclic amines) is 4. The molecule has 0 aliphatic carbocycles. The summed E-state index contributed by atoms with van der Waals surface area (Å²) in [7, 11) is -2.44. The number of piperidine rings is 4. The number of amides is 3. The maximum Gasteiger partial charge on any atom is 0.222 e. The van der Waals surface area contributed by atoms with Crippen molar-refractivity contribution in [1.82, 2.24) is 54.6 Å². The van der Waals surface area contributed by atoms with Gasteiger partial charge in [0.25, 0.3) is 0 Å². The SMILES string of the molecule is C=S(C)(=O)NCCOC(C)(C)C.C=S1(=O)CCN(CCOC(C)(C)C)CC1.CC(=O)NCCCOC(C)(C)C.CC(=O)NCCOC(C)(C)C.CC(C)(C)OCC(C)(C)N1CCCCC1.CC(C)(C)OCCCS(C)(=O)=O.CC(C)(C)OCCN1CCCCC1=O.CC(CN1CCCCC1)OC(C)(C)C.CC(COC(C)(C)C)N1CCCCC1.CCN1CCN(CCOC(C)(C)C)CC1.CN(C)CC(C)(C)C. The van der Waals surface area contributed by atoms with Gasteiger partial charge in [-0.25, -0.2) is 13.1 Å². The summed E-state index contributed by atoms with van der Waals surface area (Å²) in [5.41, 5.74) is -0.0209. The third-order valence-electron chi connectivity index (χ3n) is 21.3. The minimum Gasteiger partial charge on any atom is -0.376 e. The van der Waals surface area contributed by atoms with Gasteiger partial charge in [0.05, 0.1) is 114 Å². The van der Waals surface area contributed by atoms with E-state index in [1.807, 2.05) is 109 Å². The molecule has 3 amide bonds. The van der Waals surface area contributed by atoms with Crippen molar-refractivity contribution in [3.63, 3.8) is 0 Å². The lowest BCUT2D eigenvalue weighted by Crippen LogP contribution is -2.50. The molecule has 0 aromatic heterocycles. The minimum atomic E-state index is -2.82. The molecule has 0 aromatic carbocycles. The van der Waals surface area contributed by atoms with E-state index >= 15 is 0 Å². The zero-order chi connectivity index (χ0) is 111. The number of likely N-dealkylation sites (N-methyl/N-ethyl adjacent to an activating group) is 1. The normalized spacial score (nSPS) is 18.2. The molecule has 6 saturated heterocycles. The predicted octanol–water partition coefficient (Wildman–Crippen LogP) is 18.3. The first-order valence-electron chi connectivity index (χ1n) is 54.0. The summed E-state index contributed by atoms with van der Waals surface area (Å²) in [4.78, 5) is 51.3. The van der Waals surface area contributed by atoms with E-state index in [0.717, 1.165) is 116 Å². The molecular weight excluding hydrogens is 1860 g/mol. The summed E-state index contributed by atoms with van der Waals surface area (Å²) >= 11 is 0. The van der Waals surface area contributed by atoms with E-state index in [2.05, 4.69) is 235 Å². The lowest BCUT2D eigenvalue weighted by atomic mass is 9.97. The van der Waals surface area contributed by atoms with Gasteiger partial charge < -0.3 is 77.6 Å². The summed E-state index contributed by atoms with van der Waals surface area (Å²) in [6.07, 6.45) is 19.9. The van der Waals surface area contributed by atoms with Gasteiger partial charge in [-0.1, -0.05) is 47.0 Å². The maximum atomic E-state index is 11.6. The van der Waals surface area contributed by atoms with Crippen molar-refractivity contribution in [2.75, 3.05) is 247 Å². The number of sulfone groups is 1. The zero-order valence-corrected chi connectivity index (χ0v) is 104. The first-order chi connectivity index (χ1) is 64.2. The van der Waals surface area contributed by atoms with Gasteiger partial charge in [0.2, 0.25) is 17.7 Å². The average Bonchev–Trinajstić information content (AvgIpc) is 0.845. The molecule has 0 spiro atoms. The molecule has 142 heavy (non-hydrogen) atoms. The van der Waals surface area contributed by atoms with Crippen LogP contribution in [0.5, 0.6) is 0 Å².